The van der Waals surface area contributed by atoms with Crippen LogP contribution in [0.15, 0.2) is 102 Å². The lowest BCUT2D eigenvalue weighted by atomic mass is 10.1. The molecule has 46 heavy (non-hydrogen) atoms. The Labute approximate surface area is 267 Å². The van der Waals surface area contributed by atoms with E-state index in [1.54, 1.807) is 30.9 Å². The second-order valence-electron chi connectivity index (χ2n) is 10.8. The van der Waals surface area contributed by atoms with Crippen LogP contribution in [0.5, 0.6) is 11.5 Å². The SMILES string of the molecule is COc1ccc(CCn2c(NS(=O)(=O)c3ccc(C)cc3)c(C(=O)NCc3ccccc3)c3nc4ccccc4nc32)cc1OC. The summed E-state index contributed by atoms with van der Waals surface area (Å²) in [6, 6.07) is 29.0. The molecule has 2 heterocycles. The maximum absolute atomic E-state index is 14.0. The molecule has 0 unspecified atom stereocenters. The van der Waals surface area contributed by atoms with Crippen LogP contribution in [0, 0.1) is 6.92 Å². The van der Waals surface area contributed by atoms with Gasteiger partial charge in [-0.3, -0.25) is 9.52 Å². The summed E-state index contributed by atoms with van der Waals surface area (Å²) in [6.07, 6.45) is 0.461. The van der Waals surface area contributed by atoms with Gasteiger partial charge in [-0.1, -0.05) is 66.2 Å². The summed E-state index contributed by atoms with van der Waals surface area (Å²) < 4.78 is 43.0. The maximum atomic E-state index is 14.0. The van der Waals surface area contributed by atoms with Crippen molar-refractivity contribution in [1.29, 1.82) is 0 Å². The van der Waals surface area contributed by atoms with Crippen LogP contribution in [0.2, 0.25) is 0 Å². The third-order valence-corrected chi connectivity index (χ3v) is 9.06. The van der Waals surface area contributed by atoms with E-state index in [4.69, 9.17) is 19.4 Å². The minimum absolute atomic E-state index is 0.0662. The number of aryl methyl sites for hydroxylation is 3. The number of amides is 1. The van der Waals surface area contributed by atoms with Crippen molar-refractivity contribution >= 4 is 43.9 Å². The molecule has 0 fully saturated rings. The normalized spacial score (nSPS) is 11.5. The summed E-state index contributed by atoms with van der Waals surface area (Å²) in [7, 11) is -0.974. The lowest BCUT2D eigenvalue weighted by Gasteiger charge is -2.15. The molecular weight excluding hydrogens is 602 g/mol. The van der Waals surface area contributed by atoms with Crippen molar-refractivity contribution in [2.45, 2.75) is 31.3 Å². The molecule has 11 heteroatoms. The first-order valence-electron chi connectivity index (χ1n) is 14.7. The number of nitrogens with zero attached hydrogens (tertiary/aromatic N) is 3. The number of carbonyl (C=O) groups excluding carboxylic acids is 1. The number of rotatable bonds is 11. The van der Waals surface area contributed by atoms with E-state index in [2.05, 4.69) is 10.0 Å². The van der Waals surface area contributed by atoms with Gasteiger partial charge >= 0.3 is 0 Å². The fraction of sp³-hybridized carbons (Fsp3) is 0.171. The molecule has 0 saturated carbocycles. The third-order valence-electron chi connectivity index (χ3n) is 7.71. The number of hydrogen-bond donors (Lipinski definition) is 2. The van der Waals surface area contributed by atoms with Crippen LogP contribution < -0.4 is 19.5 Å². The molecule has 6 rings (SSSR count). The highest BCUT2D eigenvalue weighted by Crippen LogP contribution is 2.33. The lowest BCUT2D eigenvalue weighted by molar-refractivity contribution is 0.0953. The number of fused-ring (bicyclic) bond motifs is 2. The molecule has 1 amide bonds. The molecule has 2 N–H and O–H groups in total. The minimum atomic E-state index is -4.12. The summed E-state index contributed by atoms with van der Waals surface area (Å²) >= 11 is 0. The predicted molar refractivity (Wildman–Crippen MR) is 178 cm³/mol. The van der Waals surface area contributed by atoms with Crippen molar-refractivity contribution in [2.24, 2.45) is 0 Å². The predicted octanol–water partition coefficient (Wildman–Crippen LogP) is 5.88. The van der Waals surface area contributed by atoms with Crippen LogP contribution in [0.1, 0.15) is 27.0 Å². The smallest absolute Gasteiger partial charge is 0.263 e. The first-order valence-corrected chi connectivity index (χ1v) is 16.2. The maximum Gasteiger partial charge on any atom is 0.263 e. The number of carbonyl (C=O) groups is 1. The topological polar surface area (TPSA) is 124 Å². The van der Waals surface area contributed by atoms with Crippen molar-refractivity contribution in [1.82, 2.24) is 19.9 Å². The van der Waals surface area contributed by atoms with Gasteiger partial charge in [0, 0.05) is 13.1 Å². The zero-order chi connectivity index (χ0) is 32.3. The Balaban J connectivity index is 1.51. The molecule has 0 spiro atoms. The Morgan fingerprint density at radius 2 is 1.48 bits per heavy atom. The molecule has 234 valence electrons. The number of methoxy groups -OCH3 is 2. The summed E-state index contributed by atoms with van der Waals surface area (Å²) in [6.45, 7) is 2.40. The molecule has 4 aromatic carbocycles. The van der Waals surface area contributed by atoms with E-state index in [0.717, 1.165) is 16.7 Å². The van der Waals surface area contributed by atoms with E-state index in [1.807, 2.05) is 79.7 Å². The Morgan fingerprint density at radius 3 is 2.17 bits per heavy atom. The van der Waals surface area contributed by atoms with Crippen LogP contribution in [0.3, 0.4) is 0 Å². The van der Waals surface area contributed by atoms with E-state index in [0.29, 0.717) is 34.6 Å². The number of sulfonamides is 1. The quantitative estimate of drug-likeness (QED) is 0.182. The zero-order valence-corrected chi connectivity index (χ0v) is 26.5. The summed E-state index contributed by atoms with van der Waals surface area (Å²) in [5, 5.41) is 2.96. The van der Waals surface area contributed by atoms with Crippen molar-refractivity contribution < 1.29 is 22.7 Å². The van der Waals surface area contributed by atoms with Gasteiger partial charge < -0.3 is 19.4 Å². The number of aromatic nitrogens is 3. The second-order valence-corrected chi connectivity index (χ2v) is 12.5. The molecule has 0 aliphatic carbocycles. The number of benzene rings is 4. The standard InChI is InChI=1S/C35H33N5O5S/c1-23-13-16-26(17-14-23)46(42,43)39-33-31(35(41)36-22-25-9-5-4-6-10-25)32-34(38-28-12-8-7-11-27(28)37-32)40(33)20-19-24-15-18-29(44-2)30(21-24)45-3/h4-18,21,39H,19-20,22H2,1-3H3,(H,36,41). The number of ether oxygens (including phenoxy) is 2. The number of para-hydroxylation sites is 2. The highest BCUT2D eigenvalue weighted by molar-refractivity contribution is 7.92. The van der Waals surface area contributed by atoms with Crippen molar-refractivity contribution in [3.63, 3.8) is 0 Å². The van der Waals surface area contributed by atoms with Crippen molar-refractivity contribution in [2.75, 3.05) is 18.9 Å². The fourth-order valence-electron chi connectivity index (χ4n) is 5.29. The van der Waals surface area contributed by atoms with Gasteiger partial charge in [-0.05, 0) is 60.9 Å². The average Bonchev–Trinajstić information content (AvgIpc) is 3.36. The van der Waals surface area contributed by atoms with Gasteiger partial charge in [0.25, 0.3) is 15.9 Å². The van der Waals surface area contributed by atoms with E-state index in [-0.39, 0.29) is 34.9 Å². The fourth-order valence-corrected chi connectivity index (χ4v) is 6.36. The van der Waals surface area contributed by atoms with Gasteiger partial charge in [-0.25, -0.2) is 18.4 Å². The summed E-state index contributed by atoms with van der Waals surface area (Å²) in [5.74, 6) is 0.769. The largest absolute Gasteiger partial charge is 0.493 e. The van der Waals surface area contributed by atoms with Gasteiger partial charge in [-0.2, -0.15) is 0 Å². The second kappa shape index (κ2) is 12.9. The first kappa shape index (κ1) is 30.6. The lowest BCUT2D eigenvalue weighted by Crippen LogP contribution is -2.25. The molecule has 2 aromatic heterocycles. The Kier molecular flexibility index (Phi) is 8.58. The van der Waals surface area contributed by atoms with E-state index < -0.39 is 15.9 Å². The van der Waals surface area contributed by atoms with Crippen LogP contribution in [0.4, 0.5) is 5.82 Å². The molecule has 0 bridgehead atoms. The first-order chi connectivity index (χ1) is 22.3. The summed E-state index contributed by atoms with van der Waals surface area (Å²) in [5.41, 5.74) is 4.68. The molecule has 6 aromatic rings. The Bertz CT molecular complexity index is 2150. The molecule has 0 aliphatic rings. The highest BCUT2D eigenvalue weighted by atomic mass is 32.2. The Morgan fingerprint density at radius 1 is 0.804 bits per heavy atom. The van der Waals surface area contributed by atoms with Gasteiger partial charge in [0.1, 0.15) is 16.9 Å². The van der Waals surface area contributed by atoms with Crippen LogP contribution in [0.25, 0.3) is 22.2 Å². The molecule has 0 saturated heterocycles. The average molecular weight is 636 g/mol. The van der Waals surface area contributed by atoms with Gasteiger partial charge in [0.05, 0.1) is 30.1 Å². The molecular formula is C35H33N5O5S. The molecule has 0 radical (unpaired) electrons. The summed E-state index contributed by atoms with van der Waals surface area (Å²) in [4.78, 5) is 23.8. The van der Waals surface area contributed by atoms with Gasteiger partial charge in [-0.15, -0.1) is 0 Å². The number of anilines is 1. The monoisotopic (exact) mass is 635 g/mol. The highest BCUT2D eigenvalue weighted by Gasteiger charge is 2.29. The van der Waals surface area contributed by atoms with E-state index in [9.17, 15) is 13.2 Å². The zero-order valence-electron chi connectivity index (χ0n) is 25.7. The third kappa shape index (κ3) is 6.22. The van der Waals surface area contributed by atoms with Gasteiger partial charge in [0.2, 0.25) is 0 Å². The Hall–Kier alpha value is -5.42. The molecule has 0 aliphatic heterocycles. The van der Waals surface area contributed by atoms with E-state index in [1.165, 1.54) is 12.1 Å². The van der Waals surface area contributed by atoms with Crippen molar-refractivity contribution in [3.8, 4) is 11.5 Å². The van der Waals surface area contributed by atoms with Gasteiger partial charge in [0.15, 0.2) is 17.1 Å². The minimum Gasteiger partial charge on any atom is -0.493 e. The van der Waals surface area contributed by atoms with Crippen LogP contribution >= 0.6 is 0 Å². The number of hydrogen-bond acceptors (Lipinski definition) is 7. The number of nitrogens with one attached hydrogen (secondary N) is 2. The van der Waals surface area contributed by atoms with E-state index >= 15 is 0 Å². The van der Waals surface area contributed by atoms with Crippen molar-refractivity contribution in [3.05, 3.63) is 119 Å². The van der Waals surface area contributed by atoms with Crippen LogP contribution in [-0.2, 0) is 29.5 Å². The molecule has 10 nitrogen and oxygen atoms in total. The molecule has 0 atom stereocenters. The van der Waals surface area contributed by atoms with Crippen LogP contribution in [-0.4, -0.2) is 43.1 Å².